The minimum atomic E-state index is -0.0287. The minimum Gasteiger partial charge on any atom is -0.336 e. The fraction of sp³-hybridized carbons (Fsp3) is 0.379. The van der Waals surface area contributed by atoms with Crippen LogP contribution in [0.4, 0.5) is 11.4 Å². The van der Waals surface area contributed by atoms with Crippen LogP contribution in [0.3, 0.4) is 0 Å². The van der Waals surface area contributed by atoms with Crippen LogP contribution in [-0.4, -0.2) is 5.54 Å². The van der Waals surface area contributed by atoms with Gasteiger partial charge in [0, 0.05) is 22.3 Å². The van der Waals surface area contributed by atoms with E-state index in [0.29, 0.717) is 0 Å². The number of hydrogen-bond donors (Lipinski definition) is 0. The highest BCUT2D eigenvalue weighted by Gasteiger charge is 2.37. The minimum absolute atomic E-state index is 0.0147. The summed E-state index contributed by atoms with van der Waals surface area (Å²) in [4.78, 5) is 2.57. The van der Waals surface area contributed by atoms with Crippen LogP contribution in [0.5, 0.6) is 0 Å². The number of anilines is 2. The standard InChI is InChI=1S/C29H35N/c1-8-20-14-10-13-17-26(20)30(28(3,4)5)27-19-25-23(18-21(27)9-2)22-15-11-12-16-24(22)29(25,6)7/h10-19H,8-9H2,1-7H3. The SMILES string of the molecule is CCc1ccccc1N(c1cc2c(cc1CC)-c1ccccc1C2(C)C)C(C)(C)C. The van der Waals surface area contributed by atoms with Crippen LogP contribution in [0.15, 0.2) is 60.7 Å². The van der Waals surface area contributed by atoms with Crippen molar-refractivity contribution >= 4 is 11.4 Å². The maximum absolute atomic E-state index is 2.57. The molecule has 0 saturated heterocycles. The molecule has 1 aliphatic rings. The molecular weight excluding hydrogens is 362 g/mol. The Labute approximate surface area is 182 Å². The fourth-order valence-corrected chi connectivity index (χ4v) is 5.15. The van der Waals surface area contributed by atoms with Crippen molar-refractivity contribution in [2.75, 3.05) is 4.90 Å². The van der Waals surface area contributed by atoms with Crippen LogP contribution < -0.4 is 4.90 Å². The third-order valence-electron chi connectivity index (χ3n) is 6.69. The molecular formula is C29H35N. The number of fused-ring (bicyclic) bond motifs is 3. The maximum Gasteiger partial charge on any atom is 0.0451 e. The average Bonchev–Trinajstić information content (AvgIpc) is 2.94. The van der Waals surface area contributed by atoms with Gasteiger partial charge in [0.05, 0.1) is 0 Å². The predicted molar refractivity (Wildman–Crippen MR) is 131 cm³/mol. The first-order chi connectivity index (χ1) is 14.2. The molecule has 0 N–H and O–H groups in total. The second kappa shape index (κ2) is 7.30. The zero-order valence-corrected chi connectivity index (χ0v) is 19.6. The first-order valence-corrected chi connectivity index (χ1v) is 11.4. The van der Waals surface area contributed by atoms with E-state index in [9.17, 15) is 0 Å². The van der Waals surface area contributed by atoms with E-state index in [1.807, 2.05) is 0 Å². The Morgan fingerprint density at radius 1 is 0.700 bits per heavy atom. The van der Waals surface area contributed by atoms with Crippen molar-refractivity contribution in [1.29, 1.82) is 0 Å². The van der Waals surface area contributed by atoms with Crippen molar-refractivity contribution in [2.24, 2.45) is 0 Å². The number of benzene rings is 3. The topological polar surface area (TPSA) is 3.24 Å². The third-order valence-corrected chi connectivity index (χ3v) is 6.69. The van der Waals surface area contributed by atoms with Gasteiger partial charge in [0.15, 0.2) is 0 Å². The Balaban J connectivity index is 2.00. The second-order valence-corrected chi connectivity index (χ2v) is 10.0. The molecule has 0 aromatic heterocycles. The van der Waals surface area contributed by atoms with Crippen molar-refractivity contribution in [3.63, 3.8) is 0 Å². The van der Waals surface area contributed by atoms with Crippen molar-refractivity contribution < 1.29 is 0 Å². The Hall–Kier alpha value is -2.54. The molecule has 0 spiro atoms. The van der Waals surface area contributed by atoms with Gasteiger partial charge in [-0.3, -0.25) is 0 Å². The lowest BCUT2D eigenvalue weighted by Gasteiger charge is -2.41. The third kappa shape index (κ3) is 3.16. The molecule has 0 bridgehead atoms. The zero-order chi connectivity index (χ0) is 21.7. The lowest BCUT2D eigenvalue weighted by atomic mass is 9.81. The molecule has 1 aliphatic carbocycles. The monoisotopic (exact) mass is 397 g/mol. The van der Waals surface area contributed by atoms with Gasteiger partial charge in [-0.1, -0.05) is 70.2 Å². The van der Waals surface area contributed by atoms with Gasteiger partial charge in [0.1, 0.15) is 0 Å². The van der Waals surface area contributed by atoms with Crippen molar-refractivity contribution in [2.45, 2.75) is 72.3 Å². The Bertz CT molecular complexity index is 1080. The van der Waals surface area contributed by atoms with Gasteiger partial charge in [-0.25, -0.2) is 0 Å². The van der Waals surface area contributed by atoms with Gasteiger partial charge in [-0.2, -0.15) is 0 Å². The lowest BCUT2D eigenvalue weighted by Crippen LogP contribution is -2.39. The highest BCUT2D eigenvalue weighted by molar-refractivity contribution is 5.85. The number of hydrogen-bond acceptors (Lipinski definition) is 1. The van der Waals surface area contributed by atoms with Gasteiger partial charge in [0.25, 0.3) is 0 Å². The van der Waals surface area contributed by atoms with Crippen LogP contribution >= 0.6 is 0 Å². The molecule has 0 saturated carbocycles. The largest absolute Gasteiger partial charge is 0.336 e. The second-order valence-electron chi connectivity index (χ2n) is 10.0. The summed E-state index contributed by atoms with van der Waals surface area (Å²) < 4.78 is 0. The molecule has 0 amide bonds. The molecule has 0 heterocycles. The van der Waals surface area contributed by atoms with Crippen molar-refractivity contribution in [3.05, 3.63) is 82.9 Å². The first kappa shape index (κ1) is 20.7. The summed E-state index contributed by atoms with van der Waals surface area (Å²) in [5, 5.41) is 0. The summed E-state index contributed by atoms with van der Waals surface area (Å²) >= 11 is 0. The summed E-state index contributed by atoms with van der Waals surface area (Å²) in [7, 11) is 0. The van der Waals surface area contributed by atoms with Crippen LogP contribution in [0.1, 0.15) is 70.7 Å². The molecule has 0 unspecified atom stereocenters. The van der Waals surface area contributed by atoms with E-state index in [1.165, 1.54) is 44.8 Å². The van der Waals surface area contributed by atoms with E-state index in [0.717, 1.165) is 12.8 Å². The van der Waals surface area contributed by atoms with Gasteiger partial charge < -0.3 is 4.90 Å². The van der Waals surface area contributed by atoms with Crippen LogP contribution in [0.25, 0.3) is 11.1 Å². The van der Waals surface area contributed by atoms with E-state index >= 15 is 0 Å². The van der Waals surface area contributed by atoms with Crippen molar-refractivity contribution in [1.82, 2.24) is 0 Å². The Morgan fingerprint density at radius 3 is 2.00 bits per heavy atom. The highest BCUT2D eigenvalue weighted by Crippen LogP contribution is 2.51. The van der Waals surface area contributed by atoms with Gasteiger partial charge in [-0.15, -0.1) is 0 Å². The van der Waals surface area contributed by atoms with Crippen molar-refractivity contribution in [3.8, 4) is 11.1 Å². The zero-order valence-electron chi connectivity index (χ0n) is 19.6. The fourth-order valence-electron chi connectivity index (χ4n) is 5.15. The molecule has 30 heavy (non-hydrogen) atoms. The first-order valence-electron chi connectivity index (χ1n) is 11.4. The molecule has 0 fully saturated rings. The molecule has 156 valence electrons. The van der Waals surface area contributed by atoms with E-state index in [-0.39, 0.29) is 11.0 Å². The average molecular weight is 398 g/mol. The predicted octanol–water partition coefficient (Wildman–Crippen LogP) is 8.05. The van der Waals surface area contributed by atoms with E-state index in [1.54, 1.807) is 0 Å². The Morgan fingerprint density at radius 2 is 1.33 bits per heavy atom. The molecule has 0 aliphatic heterocycles. The number of para-hydroxylation sites is 1. The smallest absolute Gasteiger partial charge is 0.0451 e. The van der Waals surface area contributed by atoms with E-state index < -0.39 is 0 Å². The number of nitrogens with zero attached hydrogens (tertiary/aromatic N) is 1. The molecule has 1 nitrogen and oxygen atoms in total. The molecule has 3 aromatic rings. The summed E-state index contributed by atoms with van der Waals surface area (Å²) in [5.41, 5.74) is 11.2. The van der Waals surface area contributed by atoms with Gasteiger partial charge in [-0.05, 0) is 85.2 Å². The van der Waals surface area contributed by atoms with E-state index in [2.05, 4.69) is 114 Å². The number of aryl methyl sites for hydroxylation is 2. The number of rotatable bonds is 4. The molecule has 0 radical (unpaired) electrons. The summed E-state index contributed by atoms with van der Waals surface area (Å²) in [5.74, 6) is 0. The van der Waals surface area contributed by atoms with Gasteiger partial charge >= 0.3 is 0 Å². The van der Waals surface area contributed by atoms with Crippen LogP contribution in [0, 0.1) is 0 Å². The molecule has 1 heteroatoms. The Kier molecular flexibility index (Phi) is 5.04. The maximum atomic E-state index is 2.57. The van der Waals surface area contributed by atoms with Crippen LogP contribution in [0.2, 0.25) is 0 Å². The van der Waals surface area contributed by atoms with Gasteiger partial charge in [0.2, 0.25) is 0 Å². The lowest BCUT2D eigenvalue weighted by molar-refractivity contribution is 0.556. The quantitative estimate of drug-likeness (QED) is 0.430. The summed E-state index contributed by atoms with van der Waals surface area (Å²) in [6.07, 6.45) is 2.05. The molecule has 4 rings (SSSR count). The molecule has 0 atom stereocenters. The summed E-state index contributed by atoms with van der Waals surface area (Å²) in [6, 6.07) is 22.8. The highest BCUT2D eigenvalue weighted by atomic mass is 15.2. The van der Waals surface area contributed by atoms with E-state index in [4.69, 9.17) is 0 Å². The molecule has 3 aromatic carbocycles. The normalized spacial score (nSPS) is 14.4. The van der Waals surface area contributed by atoms with Crippen LogP contribution in [-0.2, 0) is 18.3 Å². The summed E-state index contributed by atoms with van der Waals surface area (Å²) in [6.45, 7) is 16.2.